The Hall–Kier alpha value is -1.15. The smallest absolute Gasteiger partial charge is 0.242 e. The minimum atomic E-state index is -3.41. The number of hydrogen-bond donors (Lipinski definition) is 2. The first kappa shape index (κ1) is 20.9. The number of rotatable bonds is 7. The lowest BCUT2D eigenvalue weighted by molar-refractivity contribution is -0.121. The van der Waals surface area contributed by atoms with Crippen LogP contribution in [0.15, 0.2) is 29.2 Å². The van der Waals surface area contributed by atoms with Crippen LogP contribution in [0.4, 0.5) is 0 Å². The SMILES string of the molecule is CC(N)CCC(=O)NCc1ccc(S(=O)(=O)N(C)C)cc1.Cl. The standard InChI is InChI=1S/C14H23N3O3S.ClH/c1-11(15)4-9-14(18)16-10-12-5-7-13(8-6-12)21(19,20)17(2)3;/h5-8,11H,4,9-10,15H2,1-3H3,(H,16,18);1H. The van der Waals surface area contributed by atoms with Crippen LogP contribution in [0.3, 0.4) is 0 Å². The second-order valence-electron chi connectivity index (χ2n) is 5.22. The van der Waals surface area contributed by atoms with E-state index in [0.717, 1.165) is 9.87 Å². The Balaban J connectivity index is 0.00000441. The van der Waals surface area contributed by atoms with Gasteiger partial charge in [-0.25, -0.2) is 12.7 Å². The molecule has 8 heteroatoms. The van der Waals surface area contributed by atoms with Crippen LogP contribution < -0.4 is 11.1 Å². The molecule has 0 fully saturated rings. The van der Waals surface area contributed by atoms with Crippen LogP contribution in [0.1, 0.15) is 25.3 Å². The highest BCUT2D eigenvalue weighted by molar-refractivity contribution is 7.89. The molecule has 126 valence electrons. The number of hydrogen-bond acceptors (Lipinski definition) is 4. The fourth-order valence-electron chi connectivity index (χ4n) is 1.64. The Labute approximate surface area is 138 Å². The minimum absolute atomic E-state index is 0. The molecule has 22 heavy (non-hydrogen) atoms. The van der Waals surface area contributed by atoms with E-state index in [-0.39, 0.29) is 29.3 Å². The summed E-state index contributed by atoms with van der Waals surface area (Å²) in [6.07, 6.45) is 1.04. The first-order valence-corrected chi connectivity index (χ1v) is 8.21. The summed E-state index contributed by atoms with van der Waals surface area (Å²) < 4.78 is 25.0. The van der Waals surface area contributed by atoms with E-state index in [2.05, 4.69) is 5.32 Å². The third-order valence-electron chi connectivity index (χ3n) is 3.02. The fourth-order valence-corrected chi connectivity index (χ4v) is 2.54. The number of benzene rings is 1. The molecule has 0 saturated heterocycles. The lowest BCUT2D eigenvalue weighted by Crippen LogP contribution is -2.25. The zero-order valence-corrected chi connectivity index (χ0v) is 14.7. The molecule has 1 rings (SSSR count). The van der Waals surface area contributed by atoms with Gasteiger partial charge >= 0.3 is 0 Å². The van der Waals surface area contributed by atoms with Gasteiger partial charge in [0, 0.05) is 33.1 Å². The van der Waals surface area contributed by atoms with E-state index in [1.54, 1.807) is 24.3 Å². The van der Waals surface area contributed by atoms with Gasteiger partial charge in [-0.15, -0.1) is 12.4 Å². The number of nitrogens with two attached hydrogens (primary N) is 1. The van der Waals surface area contributed by atoms with Gasteiger partial charge in [0.2, 0.25) is 15.9 Å². The van der Waals surface area contributed by atoms with Crippen molar-refractivity contribution in [3.05, 3.63) is 29.8 Å². The summed E-state index contributed by atoms with van der Waals surface area (Å²) in [7, 11) is -0.435. The number of nitrogens with zero attached hydrogens (tertiary/aromatic N) is 1. The molecular weight excluding hydrogens is 326 g/mol. The Bertz CT molecular complexity index is 572. The molecule has 0 aliphatic carbocycles. The molecule has 0 spiro atoms. The van der Waals surface area contributed by atoms with Crippen molar-refractivity contribution in [3.63, 3.8) is 0 Å². The van der Waals surface area contributed by atoms with Gasteiger partial charge in [0.15, 0.2) is 0 Å². The van der Waals surface area contributed by atoms with Gasteiger partial charge < -0.3 is 11.1 Å². The van der Waals surface area contributed by atoms with Gasteiger partial charge in [0.25, 0.3) is 0 Å². The van der Waals surface area contributed by atoms with Crippen molar-refractivity contribution in [2.24, 2.45) is 5.73 Å². The largest absolute Gasteiger partial charge is 0.352 e. The molecular formula is C14H24ClN3O3S. The first-order valence-electron chi connectivity index (χ1n) is 6.77. The van der Waals surface area contributed by atoms with E-state index < -0.39 is 10.0 Å². The fraction of sp³-hybridized carbons (Fsp3) is 0.500. The quantitative estimate of drug-likeness (QED) is 0.771. The van der Waals surface area contributed by atoms with Crippen LogP contribution in [0.2, 0.25) is 0 Å². The molecule has 0 aliphatic rings. The Morgan fingerprint density at radius 3 is 2.27 bits per heavy atom. The molecule has 0 saturated carbocycles. The molecule has 6 nitrogen and oxygen atoms in total. The number of halogens is 1. The number of carbonyl (C=O) groups is 1. The van der Waals surface area contributed by atoms with Crippen LogP contribution in [0, 0.1) is 0 Å². The van der Waals surface area contributed by atoms with E-state index in [1.807, 2.05) is 6.92 Å². The summed E-state index contributed by atoms with van der Waals surface area (Å²) in [5, 5.41) is 2.78. The monoisotopic (exact) mass is 349 g/mol. The predicted octanol–water partition coefficient (Wildman–Crippen LogP) is 1.10. The zero-order valence-electron chi connectivity index (χ0n) is 13.1. The number of sulfonamides is 1. The van der Waals surface area contributed by atoms with E-state index in [0.29, 0.717) is 19.4 Å². The van der Waals surface area contributed by atoms with Crippen molar-refractivity contribution in [2.75, 3.05) is 14.1 Å². The summed E-state index contributed by atoms with van der Waals surface area (Å²) in [4.78, 5) is 11.8. The van der Waals surface area contributed by atoms with Crippen LogP contribution in [-0.2, 0) is 21.4 Å². The second kappa shape index (κ2) is 9.09. The summed E-state index contributed by atoms with van der Waals surface area (Å²) in [6, 6.07) is 6.48. The highest BCUT2D eigenvalue weighted by atomic mass is 35.5. The molecule has 1 unspecified atom stereocenters. The summed E-state index contributed by atoms with van der Waals surface area (Å²) in [6.45, 7) is 2.23. The Morgan fingerprint density at radius 2 is 1.82 bits per heavy atom. The number of nitrogens with one attached hydrogen (secondary N) is 1. The zero-order chi connectivity index (χ0) is 16.0. The van der Waals surface area contributed by atoms with E-state index in [1.165, 1.54) is 14.1 Å². The summed E-state index contributed by atoms with van der Waals surface area (Å²) in [5.41, 5.74) is 6.44. The van der Waals surface area contributed by atoms with E-state index in [4.69, 9.17) is 5.73 Å². The molecule has 0 bridgehead atoms. The van der Waals surface area contributed by atoms with Crippen molar-refractivity contribution in [2.45, 2.75) is 37.2 Å². The van der Waals surface area contributed by atoms with Gasteiger partial charge in [-0.3, -0.25) is 4.79 Å². The lowest BCUT2D eigenvalue weighted by Gasteiger charge is -2.12. The summed E-state index contributed by atoms with van der Waals surface area (Å²) in [5.74, 6) is -0.0581. The molecule has 1 aromatic carbocycles. The maximum absolute atomic E-state index is 11.9. The average molecular weight is 350 g/mol. The van der Waals surface area contributed by atoms with Gasteiger partial charge in [-0.1, -0.05) is 12.1 Å². The third-order valence-corrected chi connectivity index (χ3v) is 4.85. The molecule has 3 N–H and O–H groups in total. The van der Waals surface area contributed by atoms with Crippen LogP contribution >= 0.6 is 12.4 Å². The summed E-state index contributed by atoms with van der Waals surface area (Å²) >= 11 is 0. The third kappa shape index (κ3) is 6.31. The second-order valence-corrected chi connectivity index (χ2v) is 7.38. The predicted molar refractivity (Wildman–Crippen MR) is 89.3 cm³/mol. The van der Waals surface area contributed by atoms with Crippen molar-refractivity contribution in [3.8, 4) is 0 Å². The number of amides is 1. The van der Waals surface area contributed by atoms with Crippen molar-refractivity contribution < 1.29 is 13.2 Å². The van der Waals surface area contributed by atoms with Crippen molar-refractivity contribution in [1.82, 2.24) is 9.62 Å². The first-order chi connectivity index (χ1) is 9.73. The molecule has 0 radical (unpaired) electrons. The average Bonchev–Trinajstić information content (AvgIpc) is 2.43. The van der Waals surface area contributed by atoms with Crippen LogP contribution in [-0.4, -0.2) is 38.8 Å². The van der Waals surface area contributed by atoms with Gasteiger partial charge in [-0.2, -0.15) is 0 Å². The van der Waals surface area contributed by atoms with Gasteiger partial charge in [0.05, 0.1) is 4.90 Å². The Morgan fingerprint density at radius 1 is 1.27 bits per heavy atom. The van der Waals surface area contributed by atoms with Crippen molar-refractivity contribution in [1.29, 1.82) is 0 Å². The molecule has 1 aromatic rings. The maximum atomic E-state index is 11.9. The molecule has 1 amide bonds. The maximum Gasteiger partial charge on any atom is 0.242 e. The Kier molecular flexibility index (Phi) is 8.62. The topological polar surface area (TPSA) is 92.5 Å². The van der Waals surface area contributed by atoms with Gasteiger partial charge in [-0.05, 0) is 31.0 Å². The van der Waals surface area contributed by atoms with Crippen molar-refractivity contribution >= 4 is 28.3 Å². The molecule has 0 aliphatic heterocycles. The molecule has 0 aromatic heterocycles. The molecule has 0 heterocycles. The highest BCUT2D eigenvalue weighted by Gasteiger charge is 2.16. The lowest BCUT2D eigenvalue weighted by atomic mass is 10.2. The van der Waals surface area contributed by atoms with E-state index in [9.17, 15) is 13.2 Å². The van der Waals surface area contributed by atoms with E-state index >= 15 is 0 Å². The highest BCUT2D eigenvalue weighted by Crippen LogP contribution is 2.13. The number of carbonyl (C=O) groups excluding carboxylic acids is 1. The van der Waals surface area contributed by atoms with Gasteiger partial charge in [0.1, 0.15) is 0 Å². The molecule has 1 atom stereocenters. The van der Waals surface area contributed by atoms with Crippen LogP contribution in [0.25, 0.3) is 0 Å². The normalized spacial score (nSPS) is 12.6. The van der Waals surface area contributed by atoms with Crippen LogP contribution in [0.5, 0.6) is 0 Å². The minimum Gasteiger partial charge on any atom is -0.352 e.